The Kier molecular flexibility index (Phi) is 3.75. The van der Waals surface area contributed by atoms with E-state index in [0.29, 0.717) is 6.54 Å². The molecule has 1 fully saturated rings. The normalized spacial score (nSPS) is 15.1. The molecule has 1 N–H and O–H groups in total. The molecule has 0 saturated heterocycles. The van der Waals surface area contributed by atoms with Crippen molar-refractivity contribution in [2.45, 2.75) is 25.2 Å². The molecule has 4 rings (SSSR count). The SMILES string of the molecule is CCN(C(=O)C1(c2c[nH]c3ccc(OC)cc23)CC1)c1ccccc1. The molecule has 0 spiro atoms. The van der Waals surface area contributed by atoms with Crippen LogP contribution >= 0.6 is 0 Å². The maximum absolute atomic E-state index is 13.4. The van der Waals surface area contributed by atoms with Gasteiger partial charge < -0.3 is 14.6 Å². The van der Waals surface area contributed by atoms with Gasteiger partial charge in [-0.1, -0.05) is 18.2 Å². The zero-order valence-corrected chi connectivity index (χ0v) is 14.6. The molecule has 4 heteroatoms. The van der Waals surface area contributed by atoms with Gasteiger partial charge in [0.1, 0.15) is 5.75 Å². The number of H-pyrrole nitrogens is 1. The van der Waals surface area contributed by atoms with Crippen LogP contribution in [0.25, 0.3) is 10.9 Å². The number of anilines is 1. The maximum atomic E-state index is 13.4. The standard InChI is InChI=1S/C21H22N2O2/c1-3-23(15-7-5-4-6-8-15)20(24)21(11-12-21)18-14-22-19-10-9-16(25-2)13-17(18)19/h4-10,13-14,22H,3,11-12H2,1-2H3. The number of nitrogens with one attached hydrogen (secondary N) is 1. The number of carbonyl (C=O) groups excluding carboxylic acids is 1. The summed E-state index contributed by atoms with van der Waals surface area (Å²) in [6, 6.07) is 15.9. The van der Waals surface area contributed by atoms with Crippen LogP contribution in [0.2, 0.25) is 0 Å². The number of aromatic nitrogens is 1. The lowest BCUT2D eigenvalue weighted by atomic mass is 9.93. The molecule has 2 aromatic carbocycles. The van der Waals surface area contributed by atoms with Crippen molar-refractivity contribution in [1.29, 1.82) is 0 Å². The van der Waals surface area contributed by atoms with Crippen molar-refractivity contribution < 1.29 is 9.53 Å². The molecule has 0 aliphatic heterocycles. The van der Waals surface area contributed by atoms with Crippen molar-refractivity contribution in [2.24, 2.45) is 0 Å². The van der Waals surface area contributed by atoms with Gasteiger partial charge >= 0.3 is 0 Å². The highest BCUT2D eigenvalue weighted by atomic mass is 16.5. The van der Waals surface area contributed by atoms with Crippen molar-refractivity contribution in [1.82, 2.24) is 4.98 Å². The minimum Gasteiger partial charge on any atom is -0.497 e. The summed E-state index contributed by atoms with van der Waals surface area (Å²) >= 11 is 0. The summed E-state index contributed by atoms with van der Waals surface area (Å²) in [5, 5.41) is 1.08. The van der Waals surface area contributed by atoms with Crippen LogP contribution in [-0.2, 0) is 10.2 Å². The summed E-state index contributed by atoms with van der Waals surface area (Å²) in [7, 11) is 1.67. The van der Waals surface area contributed by atoms with Crippen LogP contribution in [0.4, 0.5) is 5.69 Å². The number of carbonyl (C=O) groups is 1. The van der Waals surface area contributed by atoms with Crippen LogP contribution in [-0.4, -0.2) is 24.5 Å². The Morgan fingerprint density at radius 3 is 2.60 bits per heavy atom. The minimum atomic E-state index is -0.420. The first-order valence-electron chi connectivity index (χ1n) is 8.72. The van der Waals surface area contributed by atoms with Gasteiger partial charge in [-0.2, -0.15) is 0 Å². The Balaban J connectivity index is 1.76. The topological polar surface area (TPSA) is 45.3 Å². The molecule has 1 aliphatic rings. The van der Waals surface area contributed by atoms with Crippen molar-refractivity contribution in [3.05, 3.63) is 60.3 Å². The number of aromatic amines is 1. The van der Waals surface area contributed by atoms with Gasteiger partial charge in [0.2, 0.25) is 5.91 Å². The van der Waals surface area contributed by atoms with Gasteiger partial charge in [-0.15, -0.1) is 0 Å². The molecule has 1 aliphatic carbocycles. The summed E-state index contributed by atoms with van der Waals surface area (Å²) in [4.78, 5) is 18.6. The maximum Gasteiger partial charge on any atom is 0.237 e. The molecule has 3 aromatic rings. The van der Waals surface area contributed by atoms with Gasteiger partial charge in [0.15, 0.2) is 0 Å². The molecule has 4 nitrogen and oxygen atoms in total. The third kappa shape index (κ3) is 2.49. The van der Waals surface area contributed by atoms with Gasteiger partial charge in [0, 0.05) is 29.3 Å². The number of hydrogen-bond acceptors (Lipinski definition) is 2. The van der Waals surface area contributed by atoms with Gasteiger partial charge in [-0.3, -0.25) is 4.79 Å². The van der Waals surface area contributed by atoms with Crippen LogP contribution in [0.5, 0.6) is 5.75 Å². The summed E-state index contributed by atoms with van der Waals surface area (Å²) in [6.45, 7) is 2.69. The monoisotopic (exact) mass is 334 g/mol. The average Bonchev–Trinajstić information content (AvgIpc) is 3.36. The highest BCUT2D eigenvalue weighted by Gasteiger charge is 2.54. The van der Waals surface area contributed by atoms with Crippen LogP contribution in [0.1, 0.15) is 25.3 Å². The summed E-state index contributed by atoms with van der Waals surface area (Å²) < 4.78 is 5.37. The van der Waals surface area contributed by atoms with E-state index in [1.165, 1.54) is 0 Å². The Morgan fingerprint density at radius 2 is 1.96 bits per heavy atom. The molecule has 128 valence electrons. The molecule has 1 amide bonds. The van der Waals surface area contributed by atoms with Crippen molar-refractivity contribution in [2.75, 3.05) is 18.6 Å². The smallest absolute Gasteiger partial charge is 0.237 e. The molecular weight excluding hydrogens is 312 g/mol. The van der Waals surface area contributed by atoms with E-state index in [1.807, 2.05) is 66.6 Å². The number of rotatable bonds is 5. The quantitative estimate of drug-likeness (QED) is 0.758. The van der Waals surface area contributed by atoms with Crippen molar-refractivity contribution >= 4 is 22.5 Å². The zero-order chi connectivity index (χ0) is 17.4. The van der Waals surface area contributed by atoms with Gasteiger partial charge in [0.05, 0.1) is 12.5 Å². The zero-order valence-electron chi connectivity index (χ0n) is 14.6. The highest BCUT2D eigenvalue weighted by Crippen LogP contribution is 2.52. The molecule has 1 aromatic heterocycles. The van der Waals surface area contributed by atoms with E-state index in [1.54, 1.807) is 7.11 Å². The van der Waals surface area contributed by atoms with E-state index >= 15 is 0 Å². The molecular formula is C21H22N2O2. The molecule has 1 heterocycles. The molecule has 0 bridgehead atoms. The summed E-state index contributed by atoms with van der Waals surface area (Å²) in [5.74, 6) is 0.997. The fraction of sp³-hybridized carbons (Fsp3) is 0.286. The van der Waals surface area contributed by atoms with Crippen molar-refractivity contribution in [3.8, 4) is 5.75 Å². The first kappa shape index (κ1) is 15.8. The number of methoxy groups -OCH3 is 1. The summed E-state index contributed by atoms with van der Waals surface area (Å²) in [6.07, 6.45) is 3.77. The first-order valence-corrected chi connectivity index (χ1v) is 8.72. The van der Waals surface area contributed by atoms with E-state index < -0.39 is 5.41 Å². The number of ether oxygens (including phenoxy) is 1. The second-order valence-corrected chi connectivity index (χ2v) is 6.58. The predicted octanol–water partition coefficient (Wildman–Crippen LogP) is 4.26. The van der Waals surface area contributed by atoms with Gasteiger partial charge in [-0.25, -0.2) is 0 Å². The highest BCUT2D eigenvalue weighted by molar-refractivity contribution is 6.06. The van der Waals surface area contributed by atoms with E-state index in [9.17, 15) is 4.79 Å². The minimum absolute atomic E-state index is 0.185. The molecule has 0 radical (unpaired) electrons. The average molecular weight is 334 g/mol. The first-order chi connectivity index (χ1) is 12.2. The second kappa shape index (κ2) is 5.96. The van der Waals surface area contributed by atoms with Gasteiger partial charge in [-0.05, 0) is 55.7 Å². The molecule has 1 saturated carbocycles. The lowest BCUT2D eigenvalue weighted by molar-refractivity contribution is -0.120. The number of benzene rings is 2. The lowest BCUT2D eigenvalue weighted by Gasteiger charge is -2.26. The number of hydrogen-bond donors (Lipinski definition) is 1. The molecule has 0 atom stereocenters. The summed E-state index contributed by atoms with van der Waals surface area (Å²) in [5.41, 5.74) is 2.66. The van der Waals surface area contributed by atoms with E-state index in [-0.39, 0.29) is 5.91 Å². The molecule has 0 unspecified atom stereocenters. The fourth-order valence-corrected chi connectivity index (χ4v) is 3.66. The second-order valence-electron chi connectivity index (χ2n) is 6.58. The van der Waals surface area contributed by atoms with Crippen LogP contribution in [0.3, 0.4) is 0 Å². The number of para-hydroxylation sites is 1. The van der Waals surface area contributed by atoms with E-state index in [0.717, 1.165) is 40.7 Å². The Morgan fingerprint density at radius 1 is 1.20 bits per heavy atom. The number of nitrogens with zero attached hydrogens (tertiary/aromatic N) is 1. The van der Waals surface area contributed by atoms with Gasteiger partial charge in [0.25, 0.3) is 0 Å². The van der Waals surface area contributed by atoms with E-state index in [2.05, 4.69) is 4.98 Å². The molecule has 25 heavy (non-hydrogen) atoms. The Bertz CT molecular complexity index is 910. The third-order valence-electron chi connectivity index (χ3n) is 5.19. The Labute approximate surface area is 147 Å². The number of amides is 1. The van der Waals surface area contributed by atoms with Crippen LogP contribution < -0.4 is 9.64 Å². The third-order valence-corrected chi connectivity index (χ3v) is 5.19. The number of likely N-dealkylation sites (N-methyl/N-ethyl adjacent to an activating group) is 1. The predicted molar refractivity (Wildman–Crippen MR) is 100 cm³/mol. The largest absolute Gasteiger partial charge is 0.497 e. The fourth-order valence-electron chi connectivity index (χ4n) is 3.66. The number of fused-ring (bicyclic) bond motifs is 1. The Hall–Kier alpha value is -2.75. The lowest BCUT2D eigenvalue weighted by Crippen LogP contribution is -2.39. The van der Waals surface area contributed by atoms with E-state index in [4.69, 9.17) is 4.74 Å². The van der Waals surface area contributed by atoms with Crippen LogP contribution in [0, 0.1) is 0 Å². The van der Waals surface area contributed by atoms with Crippen molar-refractivity contribution in [3.63, 3.8) is 0 Å². The van der Waals surface area contributed by atoms with Crippen LogP contribution in [0.15, 0.2) is 54.7 Å².